The van der Waals surface area contributed by atoms with Crippen molar-refractivity contribution in [2.24, 2.45) is 0 Å². The topological polar surface area (TPSA) is 86.6 Å². The molecule has 0 fully saturated rings. The molecule has 0 saturated carbocycles. The van der Waals surface area contributed by atoms with Gasteiger partial charge in [0.2, 0.25) is 0 Å². The van der Waals surface area contributed by atoms with Crippen molar-refractivity contribution in [3.05, 3.63) is 59.2 Å². The van der Waals surface area contributed by atoms with Gasteiger partial charge in [0.1, 0.15) is 0 Å². The molecule has 0 radical (unpaired) electrons. The second-order valence-electron chi connectivity index (χ2n) is 4.13. The number of hydrogen-bond donors (Lipinski definition) is 3. The highest BCUT2D eigenvalue weighted by atomic mass is 19.1. The first-order valence-electron chi connectivity index (χ1n) is 5.71. The van der Waals surface area contributed by atoms with Crippen LogP contribution in [0.3, 0.4) is 0 Å². The zero-order valence-electron chi connectivity index (χ0n) is 10.4. The first-order valence-corrected chi connectivity index (χ1v) is 5.71. The number of carboxylic acid groups (broad SMARTS) is 1. The number of carbonyl (C=O) groups is 2. The molecule has 0 aliphatic heterocycles. The lowest BCUT2D eigenvalue weighted by Crippen LogP contribution is -2.12. The third kappa shape index (κ3) is 3.14. The Morgan fingerprint density at radius 1 is 0.952 bits per heavy atom. The van der Waals surface area contributed by atoms with E-state index in [1.165, 1.54) is 24.3 Å². The number of anilines is 1. The van der Waals surface area contributed by atoms with Crippen molar-refractivity contribution < 1.29 is 28.6 Å². The fourth-order valence-electron chi connectivity index (χ4n) is 1.61. The lowest BCUT2D eigenvalue weighted by Gasteiger charge is -2.07. The second-order valence-corrected chi connectivity index (χ2v) is 4.13. The van der Waals surface area contributed by atoms with E-state index in [4.69, 9.17) is 10.2 Å². The molecular formula is C14H9F2NO4. The maximum atomic E-state index is 13.1. The van der Waals surface area contributed by atoms with Gasteiger partial charge in [0.25, 0.3) is 5.91 Å². The predicted molar refractivity (Wildman–Crippen MR) is 69.4 cm³/mol. The van der Waals surface area contributed by atoms with Gasteiger partial charge in [-0.3, -0.25) is 4.79 Å². The number of carboxylic acids is 1. The first-order chi connectivity index (χ1) is 9.88. The monoisotopic (exact) mass is 293 g/mol. The molecule has 2 rings (SSSR count). The quantitative estimate of drug-likeness (QED) is 0.759. The van der Waals surface area contributed by atoms with Crippen LogP contribution in [0.2, 0.25) is 0 Å². The molecule has 2 aromatic rings. The van der Waals surface area contributed by atoms with Crippen molar-refractivity contribution in [3.63, 3.8) is 0 Å². The molecule has 0 aliphatic carbocycles. The molecule has 21 heavy (non-hydrogen) atoms. The minimum atomic E-state index is -1.20. The molecule has 2 aromatic carbocycles. The largest absolute Gasteiger partial charge is 0.503 e. The van der Waals surface area contributed by atoms with Gasteiger partial charge in [-0.25, -0.2) is 13.6 Å². The van der Waals surface area contributed by atoms with Crippen LogP contribution in [0.4, 0.5) is 14.5 Å². The van der Waals surface area contributed by atoms with E-state index in [1.54, 1.807) is 0 Å². The summed E-state index contributed by atoms with van der Waals surface area (Å²) in [5.74, 6) is -5.34. The van der Waals surface area contributed by atoms with Gasteiger partial charge < -0.3 is 15.5 Å². The fraction of sp³-hybridized carbons (Fsp3) is 0. The highest BCUT2D eigenvalue weighted by Crippen LogP contribution is 2.24. The molecule has 1 amide bonds. The van der Waals surface area contributed by atoms with E-state index in [-0.39, 0.29) is 16.8 Å². The molecule has 0 heterocycles. The zero-order chi connectivity index (χ0) is 15.6. The highest BCUT2D eigenvalue weighted by molar-refractivity contribution is 6.04. The van der Waals surface area contributed by atoms with E-state index in [0.717, 1.165) is 12.1 Å². The lowest BCUT2D eigenvalue weighted by molar-refractivity contribution is 0.0696. The molecular weight excluding hydrogens is 284 g/mol. The van der Waals surface area contributed by atoms with E-state index < -0.39 is 29.3 Å². The average Bonchev–Trinajstić information content (AvgIpc) is 2.44. The Morgan fingerprint density at radius 3 is 1.90 bits per heavy atom. The Kier molecular flexibility index (Phi) is 3.84. The second kappa shape index (κ2) is 5.58. The molecule has 5 nitrogen and oxygen atoms in total. The van der Waals surface area contributed by atoms with E-state index in [9.17, 15) is 18.4 Å². The van der Waals surface area contributed by atoms with Crippen LogP contribution in [0.25, 0.3) is 0 Å². The van der Waals surface area contributed by atoms with Gasteiger partial charge in [-0.05, 0) is 24.3 Å². The van der Waals surface area contributed by atoms with Crippen molar-refractivity contribution in [2.75, 3.05) is 5.32 Å². The van der Waals surface area contributed by atoms with Gasteiger partial charge in [0.05, 0.1) is 5.56 Å². The van der Waals surface area contributed by atoms with Gasteiger partial charge in [-0.2, -0.15) is 0 Å². The normalized spacial score (nSPS) is 10.2. The summed E-state index contributed by atoms with van der Waals surface area (Å²) in [5, 5.41) is 19.9. The lowest BCUT2D eigenvalue weighted by atomic mass is 10.1. The van der Waals surface area contributed by atoms with Crippen LogP contribution in [0.1, 0.15) is 20.7 Å². The molecule has 3 N–H and O–H groups in total. The van der Waals surface area contributed by atoms with Crippen LogP contribution in [-0.2, 0) is 0 Å². The van der Waals surface area contributed by atoms with E-state index in [0.29, 0.717) is 0 Å². The van der Waals surface area contributed by atoms with Gasteiger partial charge in [-0.1, -0.05) is 0 Å². The number of phenolic OH excluding ortho intramolecular Hbond substituents is 1. The van der Waals surface area contributed by atoms with Crippen LogP contribution in [0.5, 0.6) is 5.75 Å². The van der Waals surface area contributed by atoms with Crippen molar-refractivity contribution in [1.82, 2.24) is 0 Å². The number of amides is 1. The molecule has 0 unspecified atom stereocenters. The summed E-state index contributed by atoms with van der Waals surface area (Å²) in [6, 6.07) is 6.53. The first kappa shape index (κ1) is 14.4. The standard InChI is InChI=1S/C14H9F2NO4/c15-10-5-9(6-11(16)12(10)18)17-13(19)7-1-3-8(4-2-7)14(20)21/h1-6,18H,(H,17,19)(H,20,21). The number of halogens is 2. The van der Waals surface area contributed by atoms with Crippen molar-refractivity contribution in [3.8, 4) is 5.75 Å². The van der Waals surface area contributed by atoms with Crippen LogP contribution in [0.15, 0.2) is 36.4 Å². The minimum absolute atomic E-state index is 0.00766. The number of aromatic carboxylic acids is 1. The molecule has 0 atom stereocenters. The smallest absolute Gasteiger partial charge is 0.335 e. The summed E-state index contributed by atoms with van der Waals surface area (Å²) >= 11 is 0. The molecule has 0 saturated heterocycles. The maximum absolute atomic E-state index is 13.1. The summed E-state index contributed by atoms with van der Waals surface area (Å²) in [4.78, 5) is 22.5. The fourth-order valence-corrected chi connectivity index (χ4v) is 1.61. The third-order valence-corrected chi connectivity index (χ3v) is 2.67. The summed E-state index contributed by atoms with van der Waals surface area (Å²) in [5.41, 5.74) is -0.0442. The molecule has 7 heteroatoms. The van der Waals surface area contributed by atoms with E-state index in [2.05, 4.69) is 5.32 Å². The number of aromatic hydroxyl groups is 1. The summed E-state index contributed by atoms with van der Waals surface area (Å²) in [7, 11) is 0. The van der Waals surface area contributed by atoms with Crippen molar-refractivity contribution in [1.29, 1.82) is 0 Å². The summed E-state index contributed by atoms with van der Waals surface area (Å²) < 4.78 is 26.3. The maximum Gasteiger partial charge on any atom is 0.335 e. The van der Waals surface area contributed by atoms with Crippen LogP contribution in [-0.4, -0.2) is 22.1 Å². The van der Waals surface area contributed by atoms with Gasteiger partial charge >= 0.3 is 5.97 Å². The number of rotatable bonds is 3. The number of nitrogens with one attached hydrogen (secondary N) is 1. The van der Waals surface area contributed by atoms with Gasteiger partial charge in [0, 0.05) is 23.4 Å². The van der Waals surface area contributed by atoms with Gasteiger partial charge in [0.15, 0.2) is 17.4 Å². The Morgan fingerprint density at radius 2 is 1.43 bits per heavy atom. The zero-order valence-corrected chi connectivity index (χ0v) is 10.4. The average molecular weight is 293 g/mol. The van der Waals surface area contributed by atoms with Crippen LogP contribution in [0, 0.1) is 11.6 Å². The van der Waals surface area contributed by atoms with Gasteiger partial charge in [-0.15, -0.1) is 0 Å². The summed E-state index contributed by atoms with van der Waals surface area (Å²) in [6.07, 6.45) is 0. The highest BCUT2D eigenvalue weighted by Gasteiger charge is 2.13. The predicted octanol–water partition coefficient (Wildman–Crippen LogP) is 2.62. The molecule has 108 valence electrons. The Bertz CT molecular complexity index is 690. The van der Waals surface area contributed by atoms with Crippen molar-refractivity contribution in [2.45, 2.75) is 0 Å². The van der Waals surface area contributed by atoms with E-state index >= 15 is 0 Å². The molecule has 0 spiro atoms. The number of benzene rings is 2. The Balaban J connectivity index is 2.20. The number of hydrogen-bond acceptors (Lipinski definition) is 3. The van der Waals surface area contributed by atoms with Crippen molar-refractivity contribution >= 4 is 17.6 Å². The number of phenols is 1. The molecule has 0 aromatic heterocycles. The van der Waals surface area contributed by atoms with Crippen LogP contribution < -0.4 is 5.32 Å². The third-order valence-electron chi connectivity index (χ3n) is 2.67. The number of carbonyl (C=O) groups excluding carboxylic acids is 1. The summed E-state index contributed by atoms with van der Waals surface area (Å²) in [6.45, 7) is 0. The van der Waals surface area contributed by atoms with Crippen LogP contribution >= 0.6 is 0 Å². The SMILES string of the molecule is O=C(O)c1ccc(C(=O)Nc2cc(F)c(O)c(F)c2)cc1. The molecule has 0 aliphatic rings. The Labute approximate surface area is 117 Å². The minimum Gasteiger partial charge on any atom is -0.503 e. The molecule has 0 bridgehead atoms. The Hall–Kier alpha value is -2.96. The van der Waals surface area contributed by atoms with E-state index in [1.807, 2.05) is 0 Å².